The van der Waals surface area contributed by atoms with Crippen LogP contribution in [0.15, 0.2) is 12.2 Å². The lowest BCUT2D eigenvalue weighted by Gasteiger charge is -2.01. The zero-order chi connectivity index (χ0) is 7.40. The normalized spacial score (nSPS) is 21.5. The monoisotopic (exact) mass is 142 g/mol. The molecule has 0 bridgehead atoms. The van der Waals surface area contributed by atoms with E-state index in [1.54, 1.807) is 0 Å². The van der Waals surface area contributed by atoms with Gasteiger partial charge in [0.1, 0.15) is 0 Å². The number of allylic oxidation sites excluding steroid dienone is 1. The second-order valence-electron chi connectivity index (χ2n) is 2.74. The predicted octanol–water partition coefficient (Wildman–Crippen LogP) is 1.57. The molecule has 0 atom stereocenters. The molecule has 0 spiro atoms. The fraction of sp³-hybridized carbons (Fsp3) is 0.750. The Balaban J connectivity index is 2.23. The summed E-state index contributed by atoms with van der Waals surface area (Å²) in [4.78, 5) is 0. The summed E-state index contributed by atoms with van der Waals surface area (Å²) < 4.78 is 10.4. The van der Waals surface area contributed by atoms with Gasteiger partial charge in [0.15, 0.2) is 6.29 Å². The lowest BCUT2D eigenvalue weighted by Crippen LogP contribution is -2.02. The molecular formula is C8H14O2. The highest BCUT2D eigenvalue weighted by Gasteiger charge is 2.11. The first-order valence-corrected chi connectivity index (χ1v) is 3.70. The first-order valence-electron chi connectivity index (χ1n) is 3.70. The Morgan fingerprint density at radius 2 is 1.90 bits per heavy atom. The van der Waals surface area contributed by atoms with E-state index in [4.69, 9.17) is 9.47 Å². The van der Waals surface area contributed by atoms with Crippen molar-refractivity contribution < 1.29 is 9.47 Å². The van der Waals surface area contributed by atoms with E-state index in [1.165, 1.54) is 0 Å². The van der Waals surface area contributed by atoms with Crippen LogP contribution in [0.25, 0.3) is 0 Å². The smallest absolute Gasteiger partial charge is 0.177 e. The number of hydrogen-bond acceptors (Lipinski definition) is 2. The highest BCUT2D eigenvalue weighted by Crippen LogP contribution is 2.06. The van der Waals surface area contributed by atoms with Crippen LogP contribution in [0.1, 0.15) is 13.8 Å². The Hall–Kier alpha value is -0.340. The topological polar surface area (TPSA) is 18.5 Å². The molecule has 1 aliphatic heterocycles. The van der Waals surface area contributed by atoms with E-state index in [9.17, 15) is 0 Å². The Bertz CT molecular complexity index is 112. The van der Waals surface area contributed by atoms with Crippen LogP contribution >= 0.6 is 0 Å². The summed E-state index contributed by atoms with van der Waals surface area (Å²) in [5.41, 5.74) is 0. The van der Waals surface area contributed by atoms with Crippen molar-refractivity contribution in [2.45, 2.75) is 20.1 Å². The van der Waals surface area contributed by atoms with Crippen LogP contribution < -0.4 is 0 Å². The molecule has 0 amide bonds. The first-order chi connectivity index (χ1) is 4.79. The minimum absolute atomic E-state index is 0.0811. The fourth-order valence-corrected chi connectivity index (χ4v) is 0.801. The molecule has 0 aromatic heterocycles. The summed E-state index contributed by atoms with van der Waals surface area (Å²) in [6.45, 7) is 5.72. The number of ether oxygens (including phenoxy) is 2. The van der Waals surface area contributed by atoms with Gasteiger partial charge >= 0.3 is 0 Å². The molecule has 1 heterocycles. The number of rotatable bonds is 2. The average molecular weight is 142 g/mol. The third kappa shape index (κ3) is 2.50. The Labute approximate surface area is 61.8 Å². The third-order valence-electron chi connectivity index (χ3n) is 1.30. The summed E-state index contributed by atoms with van der Waals surface area (Å²) >= 11 is 0. The minimum atomic E-state index is -0.0811. The van der Waals surface area contributed by atoms with Gasteiger partial charge in [-0.2, -0.15) is 0 Å². The van der Waals surface area contributed by atoms with Crippen molar-refractivity contribution >= 4 is 0 Å². The van der Waals surface area contributed by atoms with Gasteiger partial charge in [0.2, 0.25) is 0 Å². The minimum Gasteiger partial charge on any atom is -0.347 e. The van der Waals surface area contributed by atoms with E-state index in [2.05, 4.69) is 19.9 Å². The summed E-state index contributed by atoms with van der Waals surface area (Å²) in [6, 6.07) is 0. The zero-order valence-electron chi connectivity index (χ0n) is 6.54. The van der Waals surface area contributed by atoms with Crippen LogP contribution in [0.2, 0.25) is 0 Å². The van der Waals surface area contributed by atoms with Crippen molar-refractivity contribution in [3.05, 3.63) is 12.2 Å². The van der Waals surface area contributed by atoms with Gasteiger partial charge in [-0.05, 0) is 12.0 Å². The fourth-order valence-electron chi connectivity index (χ4n) is 0.801. The zero-order valence-corrected chi connectivity index (χ0v) is 6.54. The Morgan fingerprint density at radius 3 is 2.40 bits per heavy atom. The van der Waals surface area contributed by atoms with E-state index in [1.807, 2.05) is 6.08 Å². The van der Waals surface area contributed by atoms with Gasteiger partial charge in [0.05, 0.1) is 13.2 Å². The summed E-state index contributed by atoms with van der Waals surface area (Å²) in [6.07, 6.45) is 3.98. The summed E-state index contributed by atoms with van der Waals surface area (Å²) in [5.74, 6) is 0.577. The van der Waals surface area contributed by atoms with E-state index in [0.717, 1.165) is 13.2 Å². The van der Waals surface area contributed by atoms with Crippen molar-refractivity contribution in [2.24, 2.45) is 5.92 Å². The summed E-state index contributed by atoms with van der Waals surface area (Å²) in [5, 5.41) is 0. The molecule has 2 heteroatoms. The predicted molar refractivity (Wildman–Crippen MR) is 39.7 cm³/mol. The van der Waals surface area contributed by atoms with Gasteiger partial charge in [-0.25, -0.2) is 0 Å². The van der Waals surface area contributed by atoms with E-state index >= 15 is 0 Å². The van der Waals surface area contributed by atoms with E-state index in [-0.39, 0.29) is 6.29 Å². The van der Waals surface area contributed by atoms with Crippen molar-refractivity contribution in [3.8, 4) is 0 Å². The lowest BCUT2D eigenvalue weighted by molar-refractivity contribution is -0.00187. The second kappa shape index (κ2) is 3.74. The van der Waals surface area contributed by atoms with E-state index in [0.29, 0.717) is 5.92 Å². The molecule has 10 heavy (non-hydrogen) atoms. The molecule has 58 valence electrons. The molecular weight excluding hydrogens is 128 g/mol. The van der Waals surface area contributed by atoms with Crippen LogP contribution in [0.3, 0.4) is 0 Å². The van der Waals surface area contributed by atoms with Crippen molar-refractivity contribution in [3.63, 3.8) is 0 Å². The third-order valence-corrected chi connectivity index (χ3v) is 1.30. The molecule has 1 fully saturated rings. The molecule has 0 N–H and O–H groups in total. The van der Waals surface area contributed by atoms with Crippen LogP contribution in [0.5, 0.6) is 0 Å². The molecule has 0 aromatic carbocycles. The molecule has 1 rings (SSSR count). The van der Waals surface area contributed by atoms with Crippen LogP contribution in [-0.2, 0) is 9.47 Å². The molecule has 0 saturated carbocycles. The SMILES string of the molecule is CC(C)/C=C/C1OCCO1. The van der Waals surface area contributed by atoms with Crippen LogP contribution in [0.4, 0.5) is 0 Å². The second-order valence-corrected chi connectivity index (χ2v) is 2.74. The van der Waals surface area contributed by atoms with Crippen LogP contribution in [0, 0.1) is 5.92 Å². The maximum absolute atomic E-state index is 5.19. The molecule has 2 nitrogen and oxygen atoms in total. The highest BCUT2D eigenvalue weighted by atomic mass is 16.7. The van der Waals surface area contributed by atoms with Crippen molar-refractivity contribution in [1.29, 1.82) is 0 Å². The Kier molecular flexibility index (Phi) is 2.90. The standard InChI is InChI=1S/C8H14O2/c1-7(2)3-4-8-9-5-6-10-8/h3-4,7-8H,5-6H2,1-2H3/b4-3+. The molecule has 0 unspecified atom stereocenters. The molecule has 0 aliphatic carbocycles. The van der Waals surface area contributed by atoms with Gasteiger partial charge in [-0.1, -0.05) is 19.9 Å². The largest absolute Gasteiger partial charge is 0.347 e. The number of hydrogen-bond donors (Lipinski definition) is 0. The quantitative estimate of drug-likeness (QED) is 0.545. The Morgan fingerprint density at radius 1 is 1.30 bits per heavy atom. The van der Waals surface area contributed by atoms with E-state index < -0.39 is 0 Å². The van der Waals surface area contributed by atoms with Crippen molar-refractivity contribution in [2.75, 3.05) is 13.2 Å². The van der Waals surface area contributed by atoms with Gasteiger partial charge < -0.3 is 9.47 Å². The molecule has 1 aliphatic rings. The maximum atomic E-state index is 5.19. The lowest BCUT2D eigenvalue weighted by atomic mass is 10.2. The van der Waals surface area contributed by atoms with Gasteiger partial charge in [0.25, 0.3) is 0 Å². The molecule has 0 aromatic rings. The first kappa shape index (κ1) is 7.76. The van der Waals surface area contributed by atoms with Gasteiger partial charge in [-0.15, -0.1) is 0 Å². The van der Waals surface area contributed by atoms with Gasteiger partial charge in [0, 0.05) is 0 Å². The highest BCUT2D eigenvalue weighted by molar-refractivity contribution is 4.88. The maximum Gasteiger partial charge on any atom is 0.177 e. The van der Waals surface area contributed by atoms with Gasteiger partial charge in [-0.3, -0.25) is 0 Å². The van der Waals surface area contributed by atoms with Crippen LogP contribution in [-0.4, -0.2) is 19.5 Å². The average Bonchev–Trinajstić information content (AvgIpc) is 2.34. The summed E-state index contributed by atoms with van der Waals surface area (Å²) in [7, 11) is 0. The molecule has 0 radical (unpaired) electrons. The van der Waals surface area contributed by atoms with Crippen molar-refractivity contribution in [1.82, 2.24) is 0 Å². The molecule has 1 saturated heterocycles.